The van der Waals surface area contributed by atoms with Crippen molar-refractivity contribution >= 4 is 27.7 Å². The van der Waals surface area contributed by atoms with E-state index in [0.29, 0.717) is 10.8 Å². The number of rotatable bonds is 1. The third-order valence-corrected chi connectivity index (χ3v) is 3.41. The van der Waals surface area contributed by atoms with Crippen LogP contribution < -0.4 is 0 Å². The molecule has 1 unspecified atom stereocenters. The van der Waals surface area contributed by atoms with Gasteiger partial charge in [-0.3, -0.25) is 0 Å². The molecule has 0 saturated carbocycles. The normalized spacial score (nSPS) is 24.3. The van der Waals surface area contributed by atoms with E-state index in [9.17, 15) is 0 Å². The van der Waals surface area contributed by atoms with Gasteiger partial charge in [-0.05, 0) is 12.3 Å². The van der Waals surface area contributed by atoms with Gasteiger partial charge in [-0.15, -0.1) is 6.42 Å². The van der Waals surface area contributed by atoms with Gasteiger partial charge in [0.15, 0.2) is 0 Å². The number of hydrogen-bond acceptors (Lipinski definition) is 2. The lowest BCUT2D eigenvalue weighted by molar-refractivity contribution is 0.446. The summed E-state index contributed by atoms with van der Waals surface area (Å²) in [5, 5.41) is 2.11. The number of thioether (sulfide) groups is 1. The molecule has 54 valence electrons. The highest BCUT2D eigenvalue weighted by atomic mass is 79.9. The zero-order valence-electron chi connectivity index (χ0n) is 5.67. The Morgan fingerprint density at radius 1 is 2.00 bits per heavy atom. The van der Waals surface area contributed by atoms with Gasteiger partial charge in [0.25, 0.3) is 0 Å². The molecule has 0 aromatic carbocycles. The molecule has 0 aromatic heterocycles. The van der Waals surface area contributed by atoms with Crippen LogP contribution in [0, 0.1) is 12.3 Å². The SMILES string of the molecule is C#CCN1C(C)=CSC1Br. The molecular formula is C7H8BrNS. The third-order valence-electron chi connectivity index (χ3n) is 1.31. The highest BCUT2D eigenvalue weighted by Crippen LogP contribution is 2.33. The molecule has 1 nitrogen and oxygen atoms in total. The zero-order chi connectivity index (χ0) is 7.56. The standard InChI is InChI=1S/C7H8BrNS/c1-3-4-9-6(2)5-10-7(9)8/h1,5,7H,4H2,2H3. The molecule has 1 aliphatic heterocycles. The van der Waals surface area contributed by atoms with Crippen LogP contribution in [0.3, 0.4) is 0 Å². The van der Waals surface area contributed by atoms with Crippen LogP contribution in [-0.2, 0) is 0 Å². The summed E-state index contributed by atoms with van der Waals surface area (Å²) in [7, 11) is 0. The maximum absolute atomic E-state index is 5.18. The Balaban J connectivity index is 2.58. The topological polar surface area (TPSA) is 3.24 Å². The lowest BCUT2D eigenvalue weighted by Crippen LogP contribution is -2.23. The van der Waals surface area contributed by atoms with E-state index in [-0.39, 0.29) is 0 Å². The van der Waals surface area contributed by atoms with Gasteiger partial charge in [-0.1, -0.05) is 33.6 Å². The fourth-order valence-corrected chi connectivity index (χ4v) is 2.37. The molecule has 10 heavy (non-hydrogen) atoms. The van der Waals surface area contributed by atoms with Gasteiger partial charge in [0.1, 0.15) is 4.28 Å². The quantitative estimate of drug-likeness (QED) is 0.377. The first-order valence-corrected chi connectivity index (χ1v) is 4.78. The van der Waals surface area contributed by atoms with Crippen molar-refractivity contribution in [2.75, 3.05) is 6.54 Å². The molecule has 1 aliphatic rings. The number of hydrogen-bond donors (Lipinski definition) is 0. The van der Waals surface area contributed by atoms with Crippen LogP contribution in [0.25, 0.3) is 0 Å². The van der Waals surface area contributed by atoms with E-state index >= 15 is 0 Å². The van der Waals surface area contributed by atoms with Gasteiger partial charge in [-0.25, -0.2) is 0 Å². The average Bonchev–Trinajstić information content (AvgIpc) is 2.20. The van der Waals surface area contributed by atoms with Crippen molar-refractivity contribution in [3.05, 3.63) is 11.1 Å². The Labute approximate surface area is 74.0 Å². The molecule has 1 atom stereocenters. The largest absolute Gasteiger partial charge is 0.342 e. The molecule has 0 radical (unpaired) electrons. The van der Waals surface area contributed by atoms with E-state index in [1.54, 1.807) is 11.8 Å². The van der Waals surface area contributed by atoms with Gasteiger partial charge < -0.3 is 4.90 Å². The molecule has 1 rings (SSSR count). The van der Waals surface area contributed by atoms with Crippen LogP contribution in [0.1, 0.15) is 6.92 Å². The summed E-state index contributed by atoms with van der Waals surface area (Å²) in [4.78, 5) is 2.13. The van der Waals surface area contributed by atoms with Gasteiger partial charge in [0.2, 0.25) is 0 Å². The Kier molecular flexibility index (Phi) is 2.70. The van der Waals surface area contributed by atoms with Crippen LogP contribution >= 0.6 is 27.7 Å². The maximum Gasteiger partial charge on any atom is 0.136 e. The minimum atomic E-state index is 0.337. The number of allylic oxidation sites excluding steroid dienone is 1. The minimum absolute atomic E-state index is 0.337. The van der Waals surface area contributed by atoms with Crippen molar-refractivity contribution in [3.8, 4) is 12.3 Å². The van der Waals surface area contributed by atoms with Crippen molar-refractivity contribution in [3.63, 3.8) is 0 Å². The molecular weight excluding hydrogens is 210 g/mol. The van der Waals surface area contributed by atoms with E-state index in [4.69, 9.17) is 6.42 Å². The second kappa shape index (κ2) is 3.36. The lowest BCUT2D eigenvalue weighted by atomic mass is 10.5. The summed E-state index contributed by atoms with van der Waals surface area (Å²) >= 11 is 5.23. The third kappa shape index (κ3) is 1.50. The Bertz CT molecular complexity index is 194. The Morgan fingerprint density at radius 3 is 3.10 bits per heavy atom. The van der Waals surface area contributed by atoms with Gasteiger partial charge in [0, 0.05) is 5.70 Å². The summed E-state index contributed by atoms with van der Waals surface area (Å²) in [5.74, 6) is 2.61. The van der Waals surface area contributed by atoms with Gasteiger partial charge in [0.05, 0.1) is 6.54 Å². The van der Waals surface area contributed by atoms with Gasteiger partial charge in [-0.2, -0.15) is 0 Å². The molecule has 1 heterocycles. The molecule has 0 fully saturated rings. The van der Waals surface area contributed by atoms with Crippen molar-refractivity contribution in [1.82, 2.24) is 4.90 Å². The molecule has 0 saturated heterocycles. The molecule has 3 heteroatoms. The highest BCUT2D eigenvalue weighted by Gasteiger charge is 2.19. The van der Waals surface area contributed by atoms with E-state index < -0.39 is 0 Å². The molecule has 0 N–H and O–H groups in total. The maximum atomic E-state index is 5.18. The number of terminal acetylenes is 1. The molecule has 0 aromatic rings. The van der Waals surface area contributed by atoms with Crippen LogP contribution in [-0.4, -0.2) is 15.7 Å². The first-order valence-electron chi connectivity index (χ1n) is 2.92. The van der Waals surface area contributed by atoms with Crippen molar-refractivity contribution < 1.29 is 0 Å². The second-order valence-electron chi connectivity index (χ2n) is 2.02. The predicted molar refractivity (Wildman–Crippen MR) is 49.6 cm³/mol. The van der Waals surface area contributed by atoms with E-state index in [0.717, 1.165) is 0 Å². The zero-order valence-corrected chi connectivity index (χ0v) is 8.08. The Hall–Kier alpha value is -0.0700. The van der Waals surface area contributed by atoms with E-state index in [2.05, 4.69) is 39.1 Å². The first-order chi connectivity index (χ1) is 4.75. The van der Waals surface area contributed by atoms with E-state index in [1.807, 2.05) is 0 Å². The van der Waals surface area contributed by atoms with Crippen molar-refractivity contribution in [1.29, 1.82) is 0 Å². The summed E-state index contributed by atoms with van der Waals surface area (Å²) < 4.78 is 0.337. The average molecular weight is 218 g/mol. The fourth-order valence-electron chi connectivity index (χ4n) is 0.751. The summed E-state index contributed by atoms with van der Waals surface area (Å²) in [6, 6.07) is 0. The summed E-state index contributed by atoms with van der Waals surface area (Å²) in [6.07, 6.45) is 5.18. The van der Waals surface area contributed by atoms with Crippen LogP contribution in [0.4, 0.5) is 0 Å². The lowest BCUT2D eigenvalue weighted by Gasteiger charge is -2.20. The number of alkyl halides is 1. The first kappa shape index (κ1) is 8.03. The van der Waals surface area contributed by atoms with Gasteiger partial charge >= 0.3 is 0 Å². The van der Waals surface area contributed by atoms with Crippen molar-refractivity contribution in [2.45, 2.75) is 11.2 Å². The molecule has 0 bridgehead atoms. The van der Waals surface area contributed by atoms with Crippen LogP contribution in [0.5, 0.6) is 0 Å². The smallest absolute Gasteiger partial charge is 0.136 e. The monoisotopic (exact) mass is 217 g/mol. The summed E-state index contributed by atoms with van der Waals surface area (Å²) in [5.41, 5.74) is 1.24. The second-order valence-corrected chi connectivity index (χ2v) is 4.45. The van der Waals surface area contributed by atoms with Crippen LogP contribution in [0.2, 0.25) is 0 Å². The van der Waals surface area contributed by atoms with Crippen LogP contribution in [0.15, 0.2) is 11.1 Å². The molecule has 0 amide bonds. The Morgan fingerprint density at radius 2 is 2.70 bits per heavy atom. The number of nitrogens with zero attached hydrogens (tertiary/aromatic N) is 1. The predicted octanol–water partition coefficient (Wildman–Crippen LogP) is 2.21. The van der Waals surface area contributed by atoms with Crippen molar-refractivity contribution in [2.24, 2.45) is 0 Å². The fraction of sp³-hybridized carbons (Fsp3) is 0.429. The molecule has 0 aliphatic carbocycles. The minimum Gasteiger partial charge on any atom is -0.342 e. The summed E-state index contributed by atoms with van der Waals surface area (Å²) in [6.45, 7) is 2.75. The number of halogens is 1. The molecule has 0 spiro atoms. The highest BCUT2D eigenvalue weighted by molar-refractivity contribution is 9.11. The van der Waals surface area contributed by atoms with E-state index in [1.165, 1.54) is 5.70 Å².